The van der Waals surface area contributed by atoms with Crippen molar-refractivity contribution in [3.05, 3.63) is 53.2 Å². The SMILES string of the molecule is O=c1[nH]cnc2cc(-c3ccccc3)nn12. The van der Waals surface area contributed by atoms with Crippen LogP contribution in [0.1, 0.15) is 0 Å². The van der Waals surface area contributed by atoms with Gasteiger partial charge in [0.25, 0.3) is 0 Å². The van der Waals surface area contributed by atoms with Gasteiger partial charge in [0.15, 0.2) is 5.65 Å². The maximum absolute atomic E-state index is 11.4. The van der Waals surface area contributed by atoms with Crippen LogP contribution in [0.15, 0.2) is 47.5 Å². The fraction of sp³-hybridized carbons (Fsp3) is 0. The Morgan fingerprint density at radius 3 is 2.75 bits per heavy atom. The van der Waals surface area contributed by atoms with Gasteiger partial charge in [-0.05, 0) is 0 Å². The third-order valence-electron chi connectivity index (χ3n) is 2.34. The number of benzene rings is 1. The van der Waals surface area contributed by atoms with Gasteiger partial charge in [0.1, 0.15) is 0 Å². The molecule has 0 amide bonds. The third-order valence-corrected chi connectivity index (χ3v) is 2.34. The minimum atomic E-state index is -0.285. The van der Waals surface area contributed by atoms with Crippen LogP contribution < -0.4 is 5.69 Å². The fourth-order valence-electron chi connectivity index (χ4n) is 1.58. The quantitative estimate of drug-likeness (QED) is 0.656. The highest BCUT2D eigenvalue weighted by atomic mass is 16.1. The average Bonchev–Trinajstić information content (AvgIpc) is 2.76. The lowest BCUT2D eigenvalue weighted by atomic mass is 10.2. The first kappa shape index (κ1) is 8.84. The smallest absolute Gasteiger partial charge is 0.296 e. The zero-order valence-electron chi connectivity index (χ0n) is 8.29. The molecule has 16 heavy (non-hydrogen) atoms. The summed E-state index contributed by atoms with van der Waals surface area (Å²) in [7, 11) is 0. The molecule has 78 valence electrons. The molecule has 0 saturated heterocycles. The first-order valence-electron chi connectivity index (χ1n) is 4.83. The van der Waals surface area contributed by atoms with Crippen molar-refractivity contribution in [2.75, 3.05) is 0 Å². The predicted octanol–water partition coefficient (Wildman–Crippen LogP) is 1.08. The van der Waals surface area contributed by atoms with Gasteiger partial charge in [0.05, 0.1) is 12.0 Å². The van der Waals surface area contributed by atoms with Gasteiger partial charge in [0.2, 0.25) is 0 Å². The molecule has 5 nitrogen and oxygen atoms in total. The minimum absolute atomic E-state index is 0.285. The average molecular weight is 212 g/mol. The van der Waals surface area contributed by atoms with E-state index in [0.717, 1.165) is 11.3 Å². The van der Waals surface area contributed by atoms with E-state index in [2.05, 4.69) is 15.1 Å². The molecule has 2 heterocycles. The standard InChI is InChI=1S/C11H8N4O/c16-11-13-7-12-10-6-9(14-15(10)11)8-4-2-1-3-5-8/h1-7H,(H,12,13,16). The summed E-state index contributed by atoms with van der Waals surface area (Å²) in [5.41, 5.74) is 1.96. The molecule has 0 saturated carbocycles. The normalized spacial score (nSPS) is 10.8. The van der Waals surface area contributed by atoms with Crippen LogP contribution in [0.3, 0.4) is 0 Å². The van der Waals surface area contributed by atoms with E-state index >= 15 is 0 Å². The molecule has 3 aromatic rings. The summed E-state index contributed by atoms with van der Waals surface area (Å²) < 4.78 is 1.25. The summed E-state index contributed by atoms with van der Waals surface area (Å²) >= 11 is 0. The molecule has 0 unspecified atom stereocenters. The Hall–Kier alpha value is -2.43. The van der Waals surface area contributed by atoms with Gasteiger partial charge in [-0.2, -0.15) is 9.61 Å². The van der Waals surface area contributed by atoms with Gasteiger partial charge in [0, 0.05) is 11.6 Å². The number of aromatic amines is 1. The molecule has 0 aliphatic carbocycles. The highest BCUT2D eigenvalue weighted by molar-refractivity contribution is 5.63. The second kappa shape index (κ2) is 3.30. The first-order valence-corrected chi connectivity index (χ1v) is 4.83. The number of fused-ring (bicyclic) bond motifs is 1. The monoisotopic (exact) mass is 212 g/mol. The van der Waals surface area contributed by atoms with Crippen LogP contribution >= 0.6 is 0 Å². The highest BCUT2D eigenvalue weighted by Gasteiger charge is 2.05. The molecule has 5 heteroatoms. The molecule has 0 aliphatic heterocycles. The lowest BCUT2D eigenvalue weighted by Gasteiger charge is -1.92. The molecule has 0 fully saturated rings. The van der Waals surface area contributed by atoms with Crippen LogP contribution in [0.2, 0.25) is 0 Å². The Labute approximate surface area is 90.4 Å². The molecule has 2 aromatic heterocycles. The lowest BCUT2D eigenvalue weighted by Crippen LogP contribution is -2.17. The number of aromatic nitrogens is 4. The maximum atomic E-state index is 11.4. The van der Waals surface area contributed by atoms with Gasteiger partial charge in [-0.1, -0.05) is 30.3 Å². The van der Waals surface area contributed by atoms with Gasteiger partial charge in [-0.3, -0.25) is 4.98 Å². The molecule has 0 bridgehead atoms. The number of hydrogen-bond donors (Lipinski definition) is 1. The first-order chi connectivity index (χ1) is 7.84. The van der Waals surface area contributed by atoms with Crippen LogP contribution in [0.4, 0.5) is 0 Å². The second-order valence-corrected chi connectivity index (χ2v) is 3.37. The van der Waals surface area contributed by atoms with Crippen molar-refractivity contribution < 1.29 is 0 Å². The van der Waals surface area contributed by atoms with Crippen molar-refractivity contribution in [3.8, 4) is 11.3 Å². The van der Waals surface area contributed by atoms with Gasteiger partial charge in [-0.25, -0.2) is 9.78 Å². The van der Waals surface area contributed by atoms with Crippen LogP contribution in [0.25, 0.3) is 16.9 Å². The third kappa shape index (κ3) is 1.30. The molecular weight excluding hydrogens is 204 g/mol. The Balaban J connectivity index is 2.28. The largest absolute Gasteiger partial charge is 0.349 e. The fourth-order valence-corrected chi connectivity index (χ4v) is 1.58. The van der Waals surface area contributed by atoms with E-state index in [4.69, 9.17) is 0 Å². The van der Waals surface area contributed by atoms with Crippen molar-refractivity contribution in [1.82, 2.24) is 19.6 Å². The van der Waals surface area contributed by atoms with Crippen LogP contribution in [-0.4, -0.2) is 19.6 Å². The Morgan fingerprint density at radius 1 is 1.19 bits per heavy atom. The van der Waals surface area contributed by atoms with Gasteiger partial charge < -0.3 is 0 Å². The Bertz CT molecular complexity index is 684. The van der Waals surface area contributed by atoms with E-state index in [1.165, 1.54) is 10.8 Å². The Morgan fingerprint density at radius 2 is 2.00 bits per heavy atom. The van der Waals surface area contributed by atoms with Crippen molar-refractivity contribution in [3.63, 3.8) is 0 Å². The van der Waals surface area contributed by atoms with Gasteiger partial charge >= 0.3 is 5.69 Å². The molecule has 3 rings (SSSR count). The topological polar surface area (TPSA) is 63.0 Å². The highest BCUT2D eigenvalue weighted by Crippen LogP contribution is 2.16. The van der Waals surface area contributed by atoms with Crippen molar-refractivity contribution >= 4 is 5.65 Å². The summed E-state index contributed by atoms with van der Waals surface area (Å²) in [6, 6.07) is 11.5. The summed E-state index contributed by atoms with van der Waals surface area (Å²) in [6.45, 7) is 0. The number of rotatable bonds is 1. The van der Waals surface area contributed by atoms with Crippen molar-refractivity contribution in [2.24, 2.45) is 0 Å². The number of H-pyrrole nitrogens is 1. The molecule has 0 spiro atoms. The van der Waals surface area contributed by atoms with Crippen molar-refractivity contribution in [2.45, 2.75) is 0 Å². The summed E-state index contributed by atoms with van der Waals surface area (Å²) in [5, 5.41) is 4.19. The number of nitrogens with zero attached hydrogens (tertiary/aromatic N) is 3. The van der Waals surface area contributed by atoms with Gasteiger partial charge in [-0.15, -0.1) is 0 Å². The lowest BCUT2D eigenvalue weighted by molar-refractivity contribution is 0.843. The maximum Gasteiger partial charge on any atom is 0.349 e. The van der Waals surface area contributed by atoms with E-state index in [-0.39, 0.29) is 5.69 Å². The summed E-state index contributed by atoms with van der Waals surface area (Å²) in [6.07, 6.45) is 1.37. The number of nitrogens with one attached hydrogen (secondary N) is 1. The van der Waals surface area contributed by atoms with E-state index in [0.29, 0.717) is 5.65 Å². The van der Waals surface area contributed by atoms with Crippen LogP contribution in [0.5, 0.6) is 0 Å². The summed E-state index contributed by atoms with van der Waals surface area (Å²) in [5.74, 6) is 0. The molecule has 1 N–H and O–H groups in total. The predicted molar refractivity (Wildman–Crippen MR) is 59.0 cm³/mol. The molecule has 1 aromatic carbocycles. The number of hydrogen-bond acceptors (Lipinski definition) is 3. The molecular formula is C11H8N4O. The van der Waals surface area contributed by atoms with E-state index < -0.39 is 0 Å². The minimum Gasteiger partial charge on any atom is -0.296 e. The van der Waals surface area contributed by atoms with E-state index in [1.807, 2.05) is 30.3 Å². The van der Waals surface area contributed by atoms with E-state index in [1.54, 1.807) is 6.07 Å². The molecule has 0 aliphatic rings. The summed E-state index contributed by atoms with van der Waals surface area (Å²) in [4.78, 5) is 17.9. The van der Waals surface area contributed by atoms with Crippen molar-refractivity contribution in [1.29, 1.82) is 0 Å². The molecule has 0 radical (unpaired) electrons. The Kier molecular flexibility index (Phi) is 1.83. The molecule has 0 atom stereocenters. The zero-order chi connectivity index (χ0) is 11.0. The van der Waals surface area contributed by atoms with E-state index in [9.17, 15) is 4.79 Å². The second-order valence-electron chi connectivity index (χ2n) is 3.37. The van der Waals surface area contributed by atoms with Crippen LogP contribution in [0, 0.1) is 0 Å². The van der Waals surface area contributed by atoms with Crippen LogP contribution in [-0.2, 0) is 0 Å². The zero-order valence-corrected chi connectivity index (χ0v) is 8.29.